The summed E-state index contributed by atoms with van der Waals surface area (Å²) in [6, 6.07) is 0. The average molecular weight is 935 g/mol. The molecule has 5 aliphatic carbocycles. The number of unbranched alkanes of at least 4 members (excludes halogenated alkanes) is 7. The number of esters is 2. The van der Waals surface area contributed by atoms with E-state index >= 15 is 0 Å². The van der Waals surface area contributed by atoms with Gasteiger partial charge in [-0.3, -0.25) is 4.79 Å². The molecule has 7 N–H and O–H groups in total. The molecule has 2 saturated heterocycles. The van der Waals surface area contributed by atoms with Crippen LogP contribution in [0.15, 0.2) is 11.6 Å². The summed E-state index contributed by atoms with van der Waals surface area (Å²) in [5.41, 5.74) is -0.378. The van der Waals surface area contributed by atoms with E-state index in [0.29, 0.717) is 31.6 Å². The molecule has 6 fully saturated rings. The van der Waals surface area contributed by atoms with Crippen molar-refractivity contribution in [3.05, 3.63) is 11.6 Å². The highest BCUT2D eigenvalue weighted by Gasteiger charge is 2.70. The van der Waals surface area contributed by atoms with Crippen molar-refractivity contribution in [3.8, 4) is 0 Å². The van der Waals surface area contributed by atoms with E-state index in [4.69, 9.17) is 23.7 Å². The molecule has 378 valence electrons. The van der Waals surface area contributed by atoms with E-state index in [2.05, 4.69) is 61.5 Å². The van der Waals surface area contributed by atoms with Crippen molar-refractivity contribution in [1.82, 2.24) is 0 Å². The number of allylic oxidation sites excluding steroid dienone is 2. The van der Waals surface area contributed by atoms with E-state index < -0.39 is 85.4 Å². The van der Waals surface area contributed by atoms with Gasteiger partial charge in [0.1, 0.15) is 42.7 Å². The van der Waals surface area contributed by atoms with Crippen molar-refractivity contribution in [1.29, 1.82) is 0 Å². The van der Waals surface area contributed by atoms with Crippen molar-refractivity contribution in [3.63, 3.8) is 0 Å². The normalized spacial score (nSPS) is 46.1. The number of rotatable bonds is 15. The molecule has 0 spiro atoms. The zero-order chi connectivity index (χ0) is 48.2. The molecule has 0 bridgehead atoms. The van der Waals surface area contributed by atoms with Gasteiger partial charge in [-0.15, -0.1) is 0 Å². The number of hydrogen-bond acceptors (Lipinski definition) is 14. The molecule has 2 aliphatic heterocycles. The highest BCUT2D eigenvalue weighted by atomic mass is 16.7. The smallest absolute Gasteiger partial charge is 0.338 e. The van der Waals surface area contributed by atoms with Crippen molar-refractivity contribution in [2.75, 3.05) is 13.2 Å². The monoisotopic (exact) mass is 935 g/mol. The van der Waals surface area contributed by atoms with E-state index in [-0.39, 0.29) is 51.6 Å². The Hall–Kier alpha value is -1.72. The molecule has 0 aromatic heterocycles. The predicted octanol–water partition coefficient (Wildman–Crippen LogP) is 6.01. The Morgan fingerprint density at radius 2 is 1.33 bits per heavy atom. The quantitative estimate of drug-likeness (QED) is 0.0433. The molecule has 0 unspecified atom stereocenters. The maximum absolute atomic E-state index is 14.7. The standard InChI is InChI=1S/C52H86O14/c1-9-10-11-12-13-14-15-16-27-62-43(60)42-39(57)38(56)41(59)45(65-42)64-35-20-21-49(6)33(48(35,4)5)19-22-51(8)34(49)18-17-30-31-28-47(2,3)23-25-52(31,26-24-50(30,51)7)46(61)66-44-40(58)37(55)36(54)32(29-53)63-44/h17,31-42,44-45,53-59H,9-16,18-29H2,1-8H3/t31-,32+,33+,34-,35+,36-,37-,38-,39+,40+,41-,42+,44-,45+,49-,50+,51+,52+/m1/s1. The molecule has 0 amide bonds. The van der Waals surface area contributed by atoms with Crippen molar-refractivity contribution < 1.29 is 69.0 Å². The lowest BCUT2D eigenvalue weighted by molar-refractivity contribution is -0.324. The van der Waals surface area contributed by atoms with Gasteiger partial charge in [0, 0.05) is 0 Å². The second-order valence-electron chi connectivity index (χ2n) is 24.0. The largest absolute Gasteiger partial charge is 0.464 e. The third-order valence-corrected chi connectivity index (χ3v) is 19.4. The summed E-state index contributed by atoms with van der Waals surface area (Å²) in [6.45, 7) is 18.1. The van der Waals surface area contributed by atoms with Gasteiger partial charge in [-0.2, -0.15) is 0 Å². The Morgan fingerprint density at radius 3 is 2.02 bits per heavy atom. The second kappa shape index (κ2) is 19.8. The van der Waals surface area contributed by atoms with Crippen LogP contribution in [0.2, 0.25) is 0 Å². The van der Waals surface area contributed by atoms with E-state index in [0.717, 1.165) is 64.2 Å². The van der Waals surface area contributed by atoms with Crippen LogP contribution in [0.4, 0.5) is 0 Å². The average Bonchev–Trinajstić information content (AvgIpc) is 3.26. The lowest BCUT2D eigenvalue weighted by Crippen LogP contribution is -2.66. The minimum absolute atomic E-state index is 0.0302. The molecule has 0 aromatic rings. The van der Waals surface area contributed by atoms with Gasteiger partial charge >= 0.3 is 11.9 Å². The first-order valence-corrected chi connectivity index (χ1v) is 25.8. The molecule has 0 aromatic carbocycles. The number of fused-ring (bicyclic) bond motifs is 7. The molecule has 14 nitrogen and oxygen atoms in total. The molecule has 14 heteroatoms. The Bertz CT molecular complexity index is 1730. The number of carbonyl (C=O) groups excluding carboxylic acids is 2. The third kappa shape index (κ3) is 9.10. The summed E-state index contributed by atoms with van der Waals surface area (Å²) in [5, 5.41) is 74.6. The van der Waals surface area contributed by atoms with Gasteiger partial charge in [0.15, 0.2) is 12.4 Å². The topological polar surface area (TPSA) is 222 Å². The SMILES string of the molecule is CCCCCCCCCCOC(=O)[C@H]1O[C@H](O[C@H]2CC[C@@]3(C)[C@H]4CC=C5[C@H]6CC(C)(C)CC[C@]6(C(=O)O[C@H]6O[C@@H](CO)[C@@H](O)[C@@H](O)[C@@H]6O)CC[C@]5(C)[C@@]4(C)CC[C@H]3C2(C)C)[C@H](O)[C@H](O)[C@@H]1O. The van der Waals surface area contributed by atoms with Gasteiger partial charge in [-0.1, -0.05) is 112 Å². The predicted molar refractivity (Wildman–Crippen MR) is 244 cm³/mol. The first kappa shape index (κ1) is 52.1. The molecule has 7 rings (SSSR count). The summed E-state index contributed by atoms with van der Waals surface area (Å²) >= 11 is 0. The van der Waals surface area contributed by atoms with Gasteiger partial charge in [0.25, 0.3) is 0 Å². The maximum Gasteiger partial charge on any atom is 0.338 e. The van der Waals surface area contributed by atoms with Gasteiger partial charge in [-0.05, 0) is 115 Å². The fraction of sp³-hybridized carbons (Fsp3) is 0.923. The van der Waals surface area contributed by atoms with Gasteiger partial charge in [0.05, 0.1) is 24.7 Å². The zero-order valence-electron chi connectivity index (χ0n) is 41.3. The van der Waals surface area contributed by atoms with Crippen molar-refractivity contribution >= 4 is 11.9 Å². The van der Waals surface area contributed by atoms with Crippen LogP contribution in [0, 0.1) is 50.2 Å². The van der Waals surface area contributed by atoms with Crippen LogP contribution >= 0.6 is 0 Å². The van der Waals surface area contributed by atoms with Gasteiger partial charge in [0.2, 0.25) is 6.29 Å². The molecule has 18 atom stereocenters. The van der Waals surface area contributed by atoms with E-state index in [1.165, 1.54) is 31.3 Å². The minimum Gasteiger partial charge on any atom is -0.464 e. The van der Waals surface area contributed by atoms with Crippen LogP contribution in [0.3, 0.4) is 0 Å². The Kier molecular flexibility index (Phi) is 15.7. The Labute approximate surface area is 393 Å². The van der Waals surface area contributed by atoms with Crippen LogP contribution in [-0.4, -0.2) is 128 Å². The number of hydrogen-bond donors (Lipinski definition) is 7. The summed E-state index contributed by atoms with van der Waals surface area (Å²) < 4.78 is 29.9. The molecule has 0 radical (unpaired) electrons. The molecule has 66 heavy (non-hydrogen) atoms. The number of ether oxygens (including phenoxy) is 5. The zero-order valence-corrected chi connectivity index (χ0v) is 41.3. The van der Waals surface area contributed by atoms with Crippen LogP contribution in [0.25, 0.3) is 0 Å². The van der Waals surface area contributed by atoms with Crippen molar-refractivity contribution in [2.45, 2.75) is 238 Å². The van der Waals surface area contributed by atoms with Crippen LogP contribution in [0.5, 0.6) is 0 Å². The van der Waals surface area contributed by atoms with Crippen LogP contribution in [-0.2, 0) is 33.3 Å². The van der Waals surface area contributed by atoms with Crippen LogP contribution in [0.1, 0.15) is 171 Å². The summed E-state index contributed by atoms with van der Waals surface area (Å²) in [7, 11) is 0. The number of carbonyl (C=O) groups is 2. The second-order valence-corrected chi connectivity index (χ2v) is 24.0. The lowest BCUT2D eigenvalue weighted by atomic mass is 9.33. The summed E-state index contributed by atoms with van der Waals surface area (Å²) in [4.78, 5) is 27.9. The third-order valence-electron chi connectivity index (χ3n) is 19.4. The van der Waals surface area contributed by atoms with Gasteiger partial charge in [-0.25, -0.2) is 4.79 Å². The Balaban J connectivity index is 1.05. The fourth-order valence-corrected chi connectivity index (χ4v) is 15.0. The van der Waals surface area contributed by atoms with Crippen molar-refractivity contribution in [2.24, 2.45) is 50.2 Å². The lowest BCUT2D eigenvalue weighted by Gasteiger charge is -2.71. The first-order valence-electron chi connectivity index (χ1n) is 25.8. The molecular formula is C52H86O14. The highest BCUT2D eigenvalue weighted by molar-refractivity contribution is 5.79. The summed E-state index contributed by atoms with van der Waals surface area (Å²) in [6.07, 6.45) is 3.43. The number of aliphatic hydroxyl groups excluding tert-OH is 7. The van der Waals surface area contributed by atoms with E-state index in [9.17, 15) is 45.3 Å². The number of aliphatic hydroxyl groups is 7. The fourth-order valence-electron chi connectivity index (χ4n) is 15.0. The Morgan fingerprint density at radius 1 is 0.697 bits per heavy atom. The molecule has 4 saturated carbocycles. The molecule has 7 aliphatic rings. The highest BCUT2D eigenvalue weighted by Crippen LogP contribution is 2.76. The van der Waals surface area contributed by atoms with E-state index in [1.54, 1.807) is 0 Å². The minimum atomic E-state index is -1.67. The first-order chi connectivity index (χ1) is 31.0. The summed E-state index contributed by atoms with van der Waals surface area (Å²) in [5.74, 6) is -0.796. The van der Waals surface area contributed by atoms with Crippen LogP contribution < -0.4 is 0 Å². The molecular weight excluding hydrogens is 849 g/mol. The molecule has 2 heterocycles. The maximum atomic E-state index is 14.7. The van der Waals surface area contributed by atoms with E-state index in [1.807, 2.05) is 0 Å². The van der Waals surface area contributed by atoms with Gasteiger partial charge < -0.3 is 59.4 Å².